The third-order valence-corrected chi connectivity index (χ3v) is 7.45. The van der Waals surface area contributed by atoms with Gasteiger partial charge in [-0.3, -0.25) is 0 Å². The van der Waals surface area contributed by atoms with Gasteiger partial charge in [0.15, 0.2) is 0 Å². The minimum atomic E-state index is -0.321. The molecule has 1 N–H and O–H groups in total. The number of nitrogens with one attached hydrogen (secondary N) is 1. The van der Waals surface area contributed by atoms with E-state index in [1.165, 1.54) is 12.1 Å². The maximum absolute atomic E-state index is 14.2. The monoisotopic (exact) mass is 546 g/mol. The summed E-state index contributed by atoms with van der Waals surface area (Å²) in [5.41, 5.74) is 2.95. The Bertz CT molecular complexity index is 1260. The van der Waals surface area contributed by atoms with Gasteiger partial charge in [0, 0.05) is 43.5 Å². The number of amides is 2. The van der Waals surface area contributed by atoms with Gasteiger partial charge >= 0.3 is 6.03 Å². The first-order valence-electron chi connectivity index (χ1n) is 12.5. The first kappa shape index (κ1) is 27.2. The smallest absolute Gasteiger partial charge is 0.322 e. The molecule has 0 aliphatic carbocycles. The predicted molar refractivity (Wildman–Crippen MR) is 149 cm³/mol. The van der Waals surface area contributed by atoms with Gasteiger partial charge in [0.1, 0.15) is 11.6 Å². The molecule has 2 aromatic carbocycles. The second kappa shape index (κ2) is 11.7. The molecule has 1 fully saturated rings. The second-order valence-electron chi connectivity index (χ2n) is 9.48. The van der Waals surface area contributed by atoms with Crippen molar-refractivity contribution in [3.8, 4) is 5.69 Å². The van der Waals surface area contributed by atoms with Crippen LogP contribution in [-0.2, 0) is 6.54 Å². The molecule has 0 radical (unpaired) electrons. The number of urea groups is 1. The number of likely N-dealkylation sites (N-methyl/N-ethyl adjacent to an activating group) is 1. The Morgan fingerprint density at radius 2 is 1.84 bits per heavy atom. The lowest BCUT2D eigenvalue weighted by Crippen LogP contribution is -2.47. The summed E-state index contributed by atoms with van der Waals surface area (Å²) >= 11 is 12.2. The summed E-state index contributed by atoms with van der Waals surface area (Å²) in [6.45, 7) is 12.9. The van der Waals surface area contributed by atoms with Crippen molar-refractivity contribution < 1.29 is 9.18 Å². The summed E-state index contributed by atoms with van der Waals surface area (Å²) < 4.78 is 16.0. The summed E-state index contributed by atoms with van der Waals surface area (Å²) in [4.78, 5) is 19.8. The highest BCUT2D eigenvalue weighted by Crippen LogP contribution is 2.31. The molecule has 2 amide bonds. The van der Waals surface area contributed by atoms with Gasteiger partial charge in [0.25, 0.3) is 0 Å². The van der Waals surface area contributed by atoms with Gasteiger partial charge in [-0.1, -0.05) is 36.2 Å². The molecule has 1 aliphatic heterocycles. The number of aromatic nitrogens is 2. The average Bonchev–Trinajstić information content (AvgIpc) is 3.20. The number of benzene rings is 2. The molecule has 1 aromatic heterocycles. The lowest BCUT2D eigenvalue weighted by atomic mass is 10.1. The van der Waals surface area contributed by atoms with E-state index in [4.69, 9.17) is 28.3 Å². The van der Waals surface area contributed by atoms with Crippen LogP contribution in [-0.4, -0.2) is 64.4 Å². The number of nitrogens with zero attached hydrogens (tertiary/aromatic N) is 5. The van der Waals surface area contributed by atoms with Crippen LogP contribution in [0.2, 0.25) is 10.0 Å². The van der Waals surface area contributed by atoms with Gasteiger partial charge in [-0.15, -0.1) is 0 Å². The second-order valence-corrected chi connectivity index (χ2v) is 10.3. The third-order valence-electron chi connectivity index (χ3n) is 6.71. The van der Waals surface area contributed by atoms with Crippen LogP contribution < -0.4 is 10.2 Å². The quantitative estimate of drug-likeness (QED) is 0.382. The number of hydrogen-bond donors (Lipinski definition) is 1. The summed E-state index contributed by atoms with van der Waals surface area (Å²) in [5.74, 6) is 0.575. The van der Waals surface area contributed by atoms with Crippen LogP contribution in [0.4, 0.5) is 20.7 Å². The van der Waals surface area contributed by atoms with E-state index in [0.717, 1.165) is 49.8 Å². The normalized spacial score (nSPS) is 14.3. The van der Waals surface area contributed by atoms with E-state index < -0.39 is 0 Å². The summed E-state index contributed by atoms with van der Waals surface area (Å²) in [5, 5.41) is 8.55. The maximum Gasteiger partial charge on any atom is 0.322 e. The Labute approximate surface area is 227 Å². The molecular weight excluding hydrogens is 514 g/mol. The zero-order chi connectivity index (χ0) is 26.7. The van der Waals surface area contributed by atoms with Crippen molar-refractivity contribution in [2.45, 2.75) is 40.3 Å². The molecule has 0 bridgehead atoms. The highest BCUT2D eigenvalue weighted by molar-refractivity contribution is 6.42. The van der Waals surface area contributed by atoms with Crippen LogP contribution in [0, 0.1) is 12.7 Å². The average molecular weight is 548 g/mol. The molecule has 1 aliphatic rings. The SMILES string of the molecule is CCN1CCN(c2c(CN(C(=O)Nc3ccc(Cl)c(Cl)c3)C(C)C)c(C)nn2-c2cccc(F)c2)CC1. The van der Waals surface area contributed by atoms with Crippen LogP contribution in [0.3, 0.4) is 0 Å². The van der Waals surface area contributed by atoms with E-state index in [0.29, 0.717) is 28.0 Å². The minimum Gasteiger partial charge on any atom is -0.354 e. The van der Waals surface area contributed by atoms with E-state index >= 15 is 0 Å². The number of anilines is 2. The molecule has 1 saturated heterocycles. The Morgan fingerprint density at radius 3 is 2.46 bits per heavy atom. The lowest BCUT2D eigenvalue weighted by Gasteiger charge is -2.36. The molecule has 0 saturated carbocycles. The topological polar surface area (TPSA) is 56.6 Å². The molecule has 2 heterocycles. The molecule has 4 rings (SSSR count). The number of piperazine rings is 1. The van der Waals surface area contributed by atoms with Crippen molar-refractivity contribution in [3.05, 3.63) is 69.6 Å². The molecule has 0 spiro atoms. The number of hydrogen-bond acceptors (Lipinski definition) is 4. The molecule has 37 heavy (non-hydrogen) atoms. The van der Waals surface area contributed by atoms with Gasteiger partial charge < -0.3 is 20.0 Å². The fourth-order valence-corrected chi connectivity index (χ4v) is 4.85. The van der Waals surface area contributed by atoms with Gasteiger partial charge in [0.2, 0.25) is 0 Å². The largest absolute Gasteiger partial charge is 0.354 e. The van der Waals surface area contributed by atoms with Gasteiger partial charge in [0.05, 0.1) is 28.0 Å². The van der Waals surface area contributed by atoms with E-state index in [1.807, 2.05) is 31.5 Å². The summed E-state index contributed by atoms with van der Waals surface area (Å²) in [6.07, 6.45) is 0. The molecule has 0 unspecified atom stereocenters. The van der Waals surface area contributed by atoms with Crippen LogP contribution in [0.25, 0.3) is 5.69 Å². The van der Waals surface area contributed by atoms with Crippen molar-refractivity contribution in [1.29, 1.82) is 0 Å². The Hall–Kier alpha value is -2.81. The first-order valence-corrected chi connectivity index (χ1v) is 13.3. The van der Waals surface area contributed by atoms with Crippen LogP contribution in [0.1, 0.15) is 32.0 Å². The number of halogens is 3. The summed E-state index contributed by atoms with van der Waals surface area (Å²) in [7, 11) is 0. The molecule has 3 aromatic rings. The molecule has 198 valence electrons. The van der Waals surface area contributed by atoms with Gasteiger partial charge in [-0.05, 0) is 63.7 Å². The van der Waals surface area contributed by atoms with Crippen LogP contribution >= 0.6 is 23.2 Å². The minimum absolute atomic E-state index is 0.0931. The number of rotatable bonds is 7. The zero-order valence-corrected chi connectivity index (χ0v) is 23.2. The standard InChI is InChI=1S/C27H33Cl2FN6O/c1-5-33-11-13-34(14-12-33)26-23(19(4)32-36(26)22-8-6-7-20(30)15-22)17-35(18(2)3)27(37)31-21-9-10-24(28)25(29)16-21/h6-10,15-16,18H,5,11-14,17H2,1-4H3,(H,31,37). The third kappa shape index (κ3) is 6.20. The van der Waals surface area contributed by atoms with Crippen molar-refractivity contribution in [1.82, 2.24) is 19.6 Å². The highest BCUT2D eigenvalue weighted by atomic mass is 35.5. The van der Waals surface area contributed by atoms with Crippen LogP contribution in [0.15, 0.2) is 42.5 Å². The van der Waals surface area contributed by atoms with E-state index in [2.05, 4.69) is 22.0 Å². The zero-order valence-electron chi connectivity index (χ0n) is 21.6. The van der Waals surface area contributed by atoms with E-state index in [-0.39, 0.29) is 17.9 Å². The van der Waals surface area contributed by atoms with Crippen molar-refractivity contribution in [2.75, 3.05) is 42.9 Å². The predicted octanol–water partition coefficient (Wildman–Crippen LogP) is 6.21. The van der Waals surface area contributed by atoms with Crippen molar-refractivity contribution >= 4 is 40.7 Å². The van der Waals surface area contributed by atoms with Gasteiger partial charge in [-0.2, -0.15) is 5.10 Å². The van der Waals surface area contributed by atoms with E-state index in [1.54, 1.807) is 29.2 Å². The lowest BCUT2D eigenvalue weighted by molar-refractivity contribution is 0.193. The number of aryl methyl sites for hydroxylation is 1. The van der Waals surface area contributed by atoms with Crippen LogP contribution in [0.5, 0.6) is 0 Å². The Kier molecular flexibility index (Phi) is 8.62. The molecule has 10 heteroatoms. The highest BCUT2D eigenvalue weighted by Gasteiger charge is 2.28. The maximum atomic E-state index is 14.2. The number of carbonyl (C=O) groups is 1. The summed E-state index contributed by atoms with van der Waals surface area (Å²) in [6, 6.07) is 11.1. The van der Waals surface area contributed by atoms with Crippen molar-refractivity contribution in [3.63, 3.8) is 0 Å². The Morgan fingerprint density at radius 1 is 1.11 bits per heavy atom. The first-order chi connectivity index (χ1) is 17.7. The van der Waals surface area contributed by atoms with Crippen molar-refractivity contribution in [2.24, 2.45) is 0 Å². The number of carbonyl (C=O) groups excluding carboxylic acids is 1. The van der Waals surface area contributed by atoms with E-state index in [9.17, 15) is 9.18 Å². The fourth-order valence-electron chi connectivity index (χ4n) is 4.55. The fraction of sp³-hybridized carbons (Fsp3) is 0.407. The molecule has 0 atom stereocenters. The van der Waals surface area contributed by atoms with Gasteiger partial charge in [-0.25, -0.2) is 13.9 Å². The molecule has 7 nitrogen and oxygen atoms in total. The molecular formula is C27H33Cl2FN6O. The Balaban J connectivity index is 1.69.